The van der Waals surface area contributed by atoms with E-state index in [4.69, 9.17) is 9.47 Å². The van der Waals surface area contributed by atoms with E-state index in [1.807, 2.05) is 27.7 Å². The molecular formula is C27H44F6O3. The molecule has 1 aromatic rings. The van der Waals surface area contributed by atoms with Crippen LogP contribution in [-0.4, -0.2) is 23.3 Å². The van der Waals surface area contributed by atoms with Crippen LogP contribution in [0, 0.1) is 0 Å². The number of ether oxygens (including phenoxy) is 2. The molecule has 0 fully saturated rings. The molecule has 0 aliphatic heterocycles. The van der Waals surface area contributed by atoms with Gasteiger partial charge in [-0.1, -0.05) is 58.8 Å². The highest BCUT2D eigenvalue weighted by molar-refractivity contribution is 5.33. The summed E-state index contributed by atoms with van der Waals surface area (Å²) < 4.78 is 85.5. The van der Waals surface area contributed by atoms with Crippen molar-refractivity contribution in [2.75, 3.05) is 0 Å². The van der Waals surface area contributed by atoms with Crippen LogP contribution in [-0.2, 0) is 28.2 Å². The second kappa shape index (κ2) is 16.5. The minimum absolute atomic E-state index is 0.0340. The van der Waals surface area contributed by atoms with E-state index in [9.17, 15) is 31.4 Å². The number of hydrogen-bond donors (Lipinski definition) is 1. The van der Waals surface area contributed by atoms with Gasteiger partial charge in [-0.15, -0.1) is 0 Å². The number of aliphatic hydroxyl groups is 1. The molecule has 0 radical (unpaired) electrons. The molecule has 0 aromatic heterocycles. The Morgan fingerprint density at radius 2 is 1.08 bits per heavy atom. The molecule has 0 spiro atoms. The SMILES string of the molecule is CCCCCCCCCC(O)(OC(C)C)OC(C)C.CCCc1cc(C(F)(F)F)cc(C(F)(F)F)c1. The van der Waals surface area contributed by atoms with E-state index < -0.39 is 29.5 Å². The van der Waals surface area contributed by atoms with Gasteiger partial charge in [0.1, 0.15) is 0 Å². The molecule has 3 nitrogen and oxygen atoms in total. The zero-order valence-corrected chi connectivity index (χ0v) is 22.5. The molecule has 9 heteroatoms. The Kier molecular flexibility index (Phi) is 15.9. The van der Waals surface area contributed by atoms with Crippen LogP contribution >= 0.6 is 0 Å². The third-order valence-corrected chi connectivity index (χ3v) is 5.12. The fourth-order valence-electron chi connectivity index (χ4n) is 3.64. The van der Waals surface area contributed by atoms with E-state index in [1.54, 1.807) is 6.92 Å². The maximum absolute atomic E-state index is 12.4. The summed E-state index contributed by atoms with van der Waals surface area (Å²) in [6.45, 7) is 11.6. The lowest BCUT2D eigenvalue weighted by atomic mass is 10.0. The summed E-state index contributed by atoms with van der Waals surface area (Å²) in [5.41, 5.74) is -2.46. The van der Waals surface area contributed by atoms with E-state index >= 15 is 0 Å². The van der Waals surface area contributed by atoms with E-state index in [0.717, 1.165) is 25.0 Å². The molecule has 0 saturated carbocycles. The molecule has 212 valence electrons. The average Bonchev–Trinajstić information content (AvgIpc) is 2.71. The van der Waals surface area contributed by atoms with Gasteiger partial charge in [0, 0.05) is 6.42 Å². The normalized spacial score (nSPS) is 12.8. The van der Waals surface area contributed by atoms with Gasteiger partial charge in [0.15, 0.2) is 0 Å². The number of unbranched alkanes of at least 4 members (excludes halogenated alkanes) is 6. The zero-order chi connectivity index (χ0) is 28.0. The van der Waals surface area contributed by atoms with Crippen LogP contribution in [0.1, 0.15) is 116 Å². The number of aryl methyl sites for hydroxylation is 1. The van der Waals surface area contributed by atoms with Crippen molar-refractivity contribution >= 4 is 0 Å². The molecule has 0 heterocycles. The van der Waals surface area contributed by atoms with Gasteiger partial charge in [-0.25, -0.2) is 0 Å². The van der Waals surface area contributed by atoms with Gasteiger partial charge in [-0.05, 0) is 64.3 Å². The van der Waals surface area contributed by atoms with Crippen LogP contribution in [0.5, 0.6) is 0 Å². The minimum Gasteiger partial charge on any atom is -0.343 e. The van der Waals surface area contributed by atoms with Crippen LogP contribution in [0.2, 0.25) is 0 Å². The molecule has 0 saturated heterocycles. The van der Waals surface area contributed by atoms with Gasteiger partial charge in [0.05, 0.1) is 23.3 Å². The predicted molar refractivity (Wildman–Crippen MR) is 130 cm³/mol. The molecule has 1 N–H and O–H groups in total. The molecule has 0 aliphatic rings. The first-order valence-corrected chi connectivity index (χ1v) is 12.9. The van der Waals surface area contributed by atoms with E-state index in [2.05, 4.69) is 6.92 Å². The van der Waals surface area contributed by atoms with Crippen molar-refractivity contribution < 1.29 is 40.9 Å². The molecule has 0 aliphatic carbocycles. The first-order valence-electron chi connectivity index (χ1n) is 12.9. The Labute approximate surface area is 212 Å². The summed E-state index contributed by atoms with van der Waals surface area (Å²) in [6, 6.07) is 1.66. The number of hydrogen-bond acceptors (Lipinski definition) is 3. The molecule has 0 unspecified atom stereocenters. The number of benzene rings is 1. The van der Waals surface area contributed by atoms with Crippen LogP contribution in [0.3, 0.4) is 0 Å². The summed E-state index contributed by atoms with van der Waals surface area (Å²) in [5, 5.41) is 10.3. The third-order valence-electron chi connectivity index (χ3n) is 5.12. The standard InChI is InChI=1S/C16H34O3.C11H10F6/c1-6-7-8-9-10-11-12-13-16(17,18-14(2)3)19-15(4)5;1-2-3-7-4-8(10(12,13)14)6-9(5-7)11(15,16)17/h14-15,17H,6-13H2,1-5H3;4-6H,2-3H2,1H3. The van der Waals surface area contributed by atoms with Crippen LogP contribution < -0.4 is 0 Å². The number of halogens is 6. The average molecular weight is 531 g/mol. The molecular weight excluding hydrogens is 486 g/mol. The fourth-order valence-corrected chi connectivity index (χ4v) is 3.64. The van der Waals surface area contributed by atoms with E-state index in [1.165, 1.54) is 32.1 Å². The summed E-state index contributed by atoms with van der Waals surface area (Å²) in [6.07, 6.45) is 0.184. The highest BCUT2D eigenvalue weighted by atomic mass is 19.4. The van der Waals surface area contributed by atoms with Crippen molar-refractivity contribution in [3.63, 3.8) is 0 Å². The number of alkyl halides is 6. The van der Waals surface area contributed by atoms with Crippen LogP contribution in [0.4, 0.5) is 26.3 Å². The highest BCUT2D eigenvalue weighted by Crippen LogP contribution is 2.36. The second-order valence-corrected chi connectivity index (χ2v) is 9.58. The maximum atomic E-state index is 12.4. The first kappa shape index (κ1) is 34.7. The molecule has 36 heavy (non-hydrogen) atoms. The number of rotatable bonds is 14. The lowest BCUT2D eigenvalue weighted by molar-refractivity contribution is -0.384. The van der Waals surface area contributed by atoms with E-state index in [-0.39, 0.29) is 30.3 Å². The molecule has 1 aromatic carbocycles. The smallest absolute Gasteiger partial charge is 0.343 e. The van der Waals surface area contributed by atoms with Crippen LogP contribution in [0.25, 0.3) is 0 Å². The fraction of sp³-hybridized carbons (Fsp3) is 0.778. The van der Waals surface area contributed by atoms with Crippen molar-refractivity contribution in [3.05, 3.63) is 34.9 Å². The van der Waals surface area contributed by atoms with E-state index in [0.29, 0.717) is 12.8 Å². The Hall–Kier alpha value is -1.32. The van der Waals surface area contributed by atoms with Gasteiger partial charge < -0.3 is 14.6 Å². The summed E-state index contributed by atoms with van der Waals surface area (Å²) in [5.74, 6) is -1.41. The quantitative estimate of drug-likeness (QED) is 0.148. The van der Waals surface area contributed by atoms with Gasteiger partial charge in [-0.3, -0.25) is 0 Å². The van der Waals surface area contributed by atoms with Gasteiger partial charge in [0.2, 0.25) is 0 Å². The lowest BCUT2D eigenvalue weighted by Gasteiger charge is -2.31. The first-order chi connectivity index (χ1) is 16.5. The zero-order valence-electron chi connectivity index (χ0n) is 22.5. The Bertz CT molecular complexity index is 672. The van der Waals surface area contributed by atoms with Gasteiger partial charge in [-0.2, -0.15) is 26.3 Å². The summed E-state index contributed by atoms with van der Waals surface area (Å²) in [4.78, 5) is 0. The van der Waals surface area contributed by atoms with Crippen molar-refractivity contribution in [1.82, 2.24) is 0 Å². The van der Waals surface area contributed by atoms with Crippen LogP contribution in [0.15, 0.2) is 18.2 Å². The molecule has 0 atom stereocenters. The van der Waals surface area contributed by atoms with Crippen molar-refractivity contribution in [1.29, 1.82) is 0 Å². The van der Waals surface area contributed by atoms with Gasteiger partial charge >= 0.3 is 12.4 Å². The molecule has 1 rings (SSSR count). The topological polar surface area (TPSA) is 38.7 Å². The Morgan fingerprint density at radius 3 is 1.44 bits per heavy atom. The largest absolute Gasteiger partial charge is 0.416 e. The minimum atomic E-state index is -4.76. The third kappa shape index (κ3) is 15.7. The lowest BCUT2D eigenvalue weighted by Crippen LogP contribution is -2.40. The van der Waals surface area contributed by atoms with Crippen molar-refractivity contribution in [2.24, 2.45) is 0 Å². The van der Waals surface area contributed by atoms with Crippen molar-refractivity contribution in [2.45, 2.75) is 136 Å². The molecule has 0 bridgehead atoms. The molecule has 0 amide bonds. The van der Waals surface area contributed by atoms with Gasteiger partial charge in [0.25, 0.3) is 5.97 Å². The highest BCUT2D eigenvalue weighted by Gasteiger charge is 2.36. The van der Waals surface area contributed by atoms with Crippen molar-refractivity contribution in [3.8, 4) is 0 Å². The second-order valence-electron chi connectivity index (χ2n) is 9.58. The maximum Gasteiger partial charge on any atom is 0.416 e. The predicted octanol–water partition coefficient (Wildman–Crippen LogP) is 9.30. The Balaban J connectivity index is 0.000000684. The summed E-state index contributed by atoms with van der Waals surface area (Å²) >= 11 is 0. The monoisotopic (exact) mass is 530 g/mol. The Morgan fingerprint density at radius 1 is 0.667 bits per heavy atom. The summed E-state index contributed by atoms with van der Waals surface area (Å²) in [7, 11) is 0.